The number of aryl methyl sites for hydroxylation is 1. The molecule has 3 aromatic carbocycles. The van der Waals surface area contributed by atoms with E-state index < -0.39 is 20.4 Å². The fraction of sp³-hybridized carbons (Fsp3) is 0.227. The Labute approximate surface area is 152 Å². The molecule has 0 radical (unpaired) electrons. The molecule has 4 rings (SSSR count). The Bertz CT molecular complexity index is 1150. The normalized spacial score (nSPS) is 12.1. The molecule has 0 bridgehead atoms. The van der Waals surface area contributed by atoms with Crippen LogP contribution in [0.5, 0.6) is 0 Å². The first-order valence-corrected chi connectivity index (χ1v) is 10.5. The summed E-state index contributed by atoms with van der Waals surface area (Å²) in [5.41, 5.74) is 3.87. The van der Waals surface area contributed by atoms with Gasteiger partial charge in [0, 0.05) is 0 Å². The van der Waals surface area contributed by atoms with Gasteiger partial charge in [0.1, 0.15) is 0 Å². The zero-order valence-corrected chi connectivity index (χ0v) is 16.7. The van der Waals surface area contributed by atoms with Crippen LogP contribution in [0.25, 0.3) is 28.3 Å². The molecule has 1 aromatic heterocycles. The molecule has 1 nitrogen and oxygen atoms in total. The molecule has 0 aliphatic heterocycles. The zero-order valence-electron chi connectivity index (χ0n) is 14.4. The molecule has 2 heteroatoms. The Morgan fingerprint density at radius 1 is 0.917 bits per heavy atom. The van der Waals surface area contributed by atoms with Crippen LogP contribution in [0, 0.1) is 18.3 Å². The summed E-state index contributed by atoms with van der Waals surface area (Å²) in [5, 5.41) is 14.7. The average Bonchev–Trinajstić information content (AvgIpc) is 2.90. The molecule has 118 valence electrons. The van der Waals surface area contributed by atoms with Crippen molar-refractivity contribution in [2.45, 2.75) is 33.1 Å². The zero-order chi connectivity index (χ0) is 17.1. The molecular weight excluding hydrogens is 406 g/mol. The third-order valence-corrected chi connectivity index (χ3v) is 8.31. The standard InChI is InChI=1S/C22H19NTe/c1-13-8-10-17-16-11-9-14-6-5-7-15(12-23)18(14)20(16)24-21(17)19(13)22(2,3)4/h5-11H,1-4H3. The molecule has 24 heavy (non-hydrogen) atoms. The van der Waals surface area contributed by atoms with Gasteiger partial charge in [0.15, 0.2) is 0 Å². The van der Waals surface area contributed by atoms with Crippen LogP contribution in [0.3, 0.4) is 0 Å². The summed E-state index contributed by atoms with van der Waals surface area (Å²) in [6.07, 6.45) is 0. The van der Waals surface area contributed by atoms with Crippen LogP contribution >= 0.6 is 0 Å². The van der Waals surface area contributed by atoms with E-state index >= 15 is 0 Å². The molecule has 0 amide bonds. The van der Waals surface area contributed by atoms with E-state index in [1.807, 2.05) is 12.1 Å². The fourth-order valence-electron chi connectivity index (χ4n) is 3.79. The molecule has 0 fully saturated rings. The second-order valence-corrected chi connectivity index (χ2v) is 10.4. The van der Waals surface area contributed by atoms with Gasteiger partial charge in [-0.25, -0.2) is 0 Å². The summed E-state index contributed by atoms with van der Waals surface area (Å²) in [6, 6.07) is 17.5. The molecule has 0 atom stereocenters. The maximum atomic E-state index is 9.58. The van der Waals surface area contributed by atoms with E-state index in [9.17, 15) is 5.26 Å². The van der Waals surface area contributed by atoms with Crippen molar-refractivity contribution < 1.29 is 0 Å². The van der Waals surface area contributed by atoms with E-state index in [2.05, 4.69) is 64.1 Å². The number of fused-ring (bicyclic) bond motifs is 5. The van der Waals surface area contributed by atoms with Gasteiger partial charge in [0.25, 0.3) is 0 Å². The van der Waals surface area contributed by atoms with E-state index in [-0.39, 0.29) is 5.41 Å². The van der Waals surface area contributed by atoms with Crippen molar-refractivity contribution in [1.82, 2.24) is 0 Å². The summed E-state index contributed by atoms with van der Waals surface area (Å²) in [6.45, 7) is 9.16. The van der Waals surface area contributed by atoms with Gasteiger partial charge in [-0.05, 0) is 0 Å². The van der Waals surface area contributed by atoms with Crippen molar-refractivity contribution in [2.24, 2.45) is 0 Å². The van der Waals surface area contributed by atoms with Gasteiger partial charge < -0.3 is 0 Å². The van der Waals surface area contributed by atoms with E-state index in [1.54, 1.807) is 3.40 Å². The molecule has 0 aliphatic carbocycles. The van der Waals surface area contributed by atoms with Crippen LogP contribution in [0.15, 0.2) is 42.5 Å². The first-order chi connectivity index (χ1) is 11.4. The van der Waals surface area contributed by atoms with Crippen molar-refractivity contribution in [3.8, 4) is 6.07 Å². The molecule has 0 saturated heterocycles. The molecule has 0 N–H and O–H groups in total. The minimum atomic E-state index is -0.497. The third kappa shape index (κ3) is 2.20. The molecule has 4 aromatic rings. The van der Waals surface area contributed by atoms with Crippen molar-refractivity contribution in [1.29, 1.82) is 5.26 Å². The topological polar surface area (TPSA) is 23.8 Å². The van der Waals surface area contributed by atoms with Crippen LogP contribution in [0.4, 0.5) is 0 Å². The summed E-state index contributed by atoms with van der Waals surface area (Å²) in [4.78, 5) is 0. The number of benzene rings is 3. The predicted molar refractivity (Wildman–Crippen MR) is 104 cm³/mol. The Hall–Kier alpha value is -1.80. The average molecular weight is 425 g/mol. The van der Waals surface area contributed by atoms with Gasteiger partial charge in [-0.1, -0.05) is 0 Å². The van der Waals surface area contributed by atoms with Crippen LogP contribution in [-0.4, -0.2) is 20.4 Å². The van der Waals surface area contributed by atoms with Crippen LogP contribution in [-0.2, 0) is 5.41 Å². The predicted octanol–water partition coefficient (Wildman–Crippen LogP) is 5.68. The van der Waals surface area contributed by atoms with Crippen molar-refractivity contribution in [2.75, 3.05) is 0 Å². The SMILES string of the molecule is Cc1ccc2c([te]c3c2ccc2cccc(C#N)c23)c1C(C)(C)C. The second-order valence-electron chi connectivity index (χ2n) is 7.44. The number of nitrogens with zero attached hydrogens (tertiary/aromatic N) is 1. The van der Waals surface area contributed by atoms with Gasteiger partial charge in [-0.2, -0.15) is 0 Å². The Morgan fingerprint density at radius 3 is 2.33 bits per heavy atom. The molecule has 0 aliphatic rings. The Balaban J connectivity index is 2.28. The van der Waals surface area contributed by atoms with Gasteiger partial charge >= 0.3 is 152 Å². The molecular formula is C22H19NTe. The minimum absolute atomic E-state index is 0.149. The van der Waals surface area contributed by atoms with Gasteiger partial charge in [-0.15, -0.1) is 0 Å². The Morgan fingerprint density at radius 2 is 1.62 bits per heavy atom. The van der Waals surface area contributed by atoms with E-state index in [4.69, 9.17) is 0 Å². The first-order valence-electron chi connectivity index (χ1n) is 8.20. The number of rotatable bonds is 0. The summed E-state index contributed by atoms with van der Waals surface area (Å²) >= 11 is -0.497. The van der Waals surface area contributed by atoms with Crippen molar-refractivity contribution in [3.05, 3.63) is 59.2 Å². The van der Waals surface area contributed by atoms with E-state index in [0.717, 1.165) is 5.56 Å². The monoisotopic (exact) mass is 427 g/mol. The molecule has 0 unspecified atom stereocenters. The van der Waals surface area contributed by atoms with Crippen LogP contribution in [0.2, 0.25) is 0 Å². The fourth-order valence-corrected chi connectivity index (χ4v) is 8.58. The van der Waals surface area contributed by atoms with E-state index in [1.165, 1.54) is 36.1 Å². The van der Waals surface area contributed by atoms with Crippen molar-refractivity contribution in [3.63, 3.8) is 0 Å². The second kappa shape index (κ2) is 5.35. The quantitative estimate of drug-likeness (QED) is 0.333. The summed E-state index contributed by atoms with van der Waals surface area (Å²) < 4.78 is 3.02. The third-order valence-electron chi connectivity index (χ3n) is 4.73. The number of nitriles is 1. The van der Waals surface area contributed by atoms with Gasteiger partial charge in [0.05, 0.1) is 0 Å². The van der Waals surface area contributed by atoms with Crippen LogP contribution in [0.1, 0.15) is 37.5 Å². The first kappa shape index (κ1) is 15.7. The Kier molecular flexibility index (Phi) is 3.50. The molecule has 0 saturated carbocycles. The number of hydrogen-bond donors (Lipinski definition) is 0. The van der Waals surface area contributed by atoms with Crippen molar-refractivity contribution >= 4 is 48.8 Å². The number of hydrogen-bond acceptors (Lipinski definition) is 1. The summed E-state index contributed by atoms with van der Waals surface area (Å²) in [7, 11) is 0. The van der Waals surface area contributed by atoms with Crippen LogP contribution < -0.4 is 0 Å². The maximum absolute atomic E-state index is 9.58. The summed E-state index contributed by atoms with van der Waals surface area (Å²) in [5.74, 6) is 0. The van der Waals surface area contributed by atoms with E-state index in [0.29, 0.717) is 0 Å². The molecule has 0 spiro atoms. The van der Waals surface area contributed by atoms with Gasteiger partial charge in [-0.3, -0.25) is 0 Å². The molecule has 1 heterocycles. The van der Waals surface area contributed by atoms with Gasteiger partial charge in [0.2, 0.25) is 0 Å².